The molecule has 5 rings (SSSR count). The first-order valence-corrected chi connectivity index (χ1v) is 9.23. The predicted molar refractivity (Wildman–Crippen MR) is 92.9 cm³/mol. The third-order valence-electron chi connectivity index (χ3n) is 6.14. The van der Waals surface area contributed by atoms with Crippen LogP contribution in [0.15, 0.2) is 24.3 Å². The molecule has 2 unspecified atom stereocenters. The zero-order chi connectivity index (χ0) is 16.8. The van der Waals surface area contributed by atoms with Crippen molar-refractivity contribution in [1.82, 2.24) is 0 Å². The Morgan fingerprint density at radius 3 is 2.46 bits per heavy atom. The summed E-state index contributed by atoms with van der Waals surface area (Å²) in [5.41, 5.74) is 0.337. The van der Waals surface area contributed by atoms with Crippen LogP contribution in [0.2, 0.25) is 0 Å². The van der Waals surface area contributed by atoms with Crippen LogP contribution in [0.5, 0.6) is 5.75 Å². The minimum Gasteiger partial charge on any atom is -0.494 e. The molecular weight excluding hydrogens is 302 g/mol. The highest BCUT2D eigenvalue weighted by atomic mass is 16.5. The van der Waals surface area contributed by atoms with Crippen LogP contribution in [0.25, 0.3) is 0 Å². The van der Waals surface area contributed by atoms with Gasteiger partial charge in [-0.1, -0.05) is 0 Å². The van der Waals surface area contributed by atoms with Crippen molar-refractivity contribution < 1.29 is 14.6 Å². The molecule has 0 aliphatic heterocycles. The van der Waals surface area contributed by atoms with Crippen LogP contribution in [0.3, 0.4) is 0 Å². The van der Waals surface area contributed by atoms with E-state index in [4.69, 9.17) is 4.74 Å². The number of anilines is 1. The third-order valence-corrected chi connectivity index (χ3v) is 6.14. The minimum absolute atomic E-state index is 0.0220. The van der Waals surface area contributed by atoms with Gasteiger partial charge < -0.3 is 15.2 Å². The van der Waals surface area contributed by atoms with Crippen LogP contribution >= 0.6 is 0 Å². The van der Waals surface area contributed by atoms with E-state index in [0.29, 0.717) is 24.9 Å². The van der Waals surface area contributed by atoms with Gasteiger partial charge in [0.05, 0.1) is 12.2 Å². The molecule has 130 valence electrons. The third kappa shape index (κ3) is 3.04. The quantitative estimate of drug-likeness (QED) is 0.865. The highest BCUT2D eigenvalue weighted by Gasteiger charge is 2.57. The zero-order valence-electron chi connectivity index (χ0n) is 14.4. The van der Waals surface area contributed by atoms with Gasteiger partial charge in [0, 0.05) is 12.1 Å². The van der Waals surface area contributed by atoms with E-state index in [1.54, 1.807) is 0 Å². The van der Waals surface area contributed by atoms with Crippen LogP contribution in [0, 0.1) is 17.3 Å². The number of benzene rings is 1. The second kappa shape index (κ2) is 5.76. The fourth-order valence-corrected chi connectivity index (χ4v) is 5.96. The van der Waals surface area contributed by atoms with Crippen LogP contribution in [0.1, 0.15) is 51.9 Å². The lowest BCUT2D eigenvalue weighted by Crippen LogP contribution is -2.56. The Labute approximate surface area is 143 Å². The fourth-order valence-electron chi connectivity index (χ4n) is 5.96. The van der Waals surface area contributed by atoms with Gasteiger partial charge in [-0.25, -0.2) is 0 Å². The first-order chi connectivity index (χ1) is 11.5. The van der Waals surface area contributed by atoms with Crippen LogP contribution < -0.4 is 10.1 Å². The molecule has 4 atom stereocenters. The van der Waals surface area contributed by atoms with Crippen molar-refractivity contribution in [3.8, 4) is 5.75 Å². The molecule has 4 saturated carbocycles. The summed E-state index contributed by atoms with van der Waals surface area (Å²) in [7, 11) is 0. The smallest absolute Gasteiger partial charge is 0.224 e. The molecule has 1 aromatic carbocycles. The molecule has 4 bridgehead atoms. The Balaban J connectivity index is 1.41. The predicted octanol–water partition coefficient (Wildman–Crippen LogP) is 3.75. The lowest BCUT2D eigenvalue weighted by atomic mass is 9.47. The maximum atomic E-state index is 12.6. The molecule has 1 aromatic rings. The van der Waals surface area contributed by atoms with Crippen molar-refractivity contribution in [3.05, 3.63) is 24.3 Å². The normalized spacial score (nSPS) is 36.6. The molecule has 0 heterocycles. The summed E-state index contributed by atoms with van der Waals surface area (Å²) in [5.74, 6) is 2.13. The monoisotopic (exact) mass is 329 g/mol. The average molecular weight is 329 g/mol. The molecule has 4 heteroatoms. The minimum atomic E-state index is -0.497. The summed E-state index contributed by atoms with van der Waals surface area (Å²) in [6.45, 7) is 2.59. The number of hydrogen-bond donors (Lipinski definition) is 2. The number of carbonyl (C=O) groups is 1. The van der Waals surface area contributed by atoms with Crippen LogP contribution in [-0.2, 0) is 4.79 Å². The standard InChI is InChI=1S/C20H27NO3/c1-2-24-17-5-3-16(4-6-17)21-18(22)12-19-8-14-7-15(9-19)11-20(23,10-14)13-19/h3-6,14-15,23H,2,7-13H2,1H3,(H,21,22)/t14-,15+,19?,20?. The number of hydrogen-bond acceptors (Lipinski definition) is 3. The Morgan fingerprint density at radius 2 is 1.88 bits per heavy atom. The van der Waals surface area contributed by atoms with Crippen LogP contribution in [-0.4, -0.2) is 23.2 Å². The molecule has 0 spiro atoms. The highest BCUT2D eigenvalue weighted by Crippen LogP contribution is 2.62. The molecule has 24 heavy (non-hydrogen) atoms. The molecule has 2 N–H and O–H groups in total. The van der Waals surface area contributed by atoms with E-state index in [9.17, 15) is 9.90 Å². The van der Waals surface area contributed by atoms with Gasteiger partial charge in [-0.3, -0.25) is 4.79 Å². The van der Waals surface area contributed by atoms with Crippen molar-refractivity contribution in [2.45, 2.75) is 57.5 Å². The Hall–Kier alpha value is -1.55. The summed E-state index contributed by atoms with van der Waals surface area (Å²) in [6, 6.07) is 7.53. The number of aliphatic hydroxyl groups is 1. The number of rotatable bonds is 5. The molecule has 1 amide bonds. The summed E-state index contributed by atoms with van der Waals surface area (Å²) in [6.07, 6.45) is 6.73. The van der Waals surface area contributed by atoms with Gasteiger partial charge in [0.25, 0.3) is 0 Å². The van der Waals surface area contributed by atoms with Gasteiger partial charge in [0.1, 0.15) is 5.75 Å². The summed E-state index contributed by atoms with van der Waals surface area (Å²) < 4.78 is 5.43. The van der Waals surface area contributed by atoms with E-state index in [-0.39, 0.29) is 11.3 Å². The Bertz CT molecular complexity index is 610. The average Bonchev–Trinajstić information content (AvgIpc) is 2.46. The van der Waals surface area contributed by atoms with Crippen molar-refractivity contribution >= 4 is 11.6 Å². The number of amides is 1. The van der Waals surface area contributed by atoms with Gasteiger partial charge in [-0.05, 0) is 87.0 Å². The second-order valence-electron chi connectivity index (χ2n) is 8.37. The Morgan fingerprint density at radius 1 is 1.21 bits per heavy atom. The van der Waals surface area contributed by atoms with Crippen molar-refractivity contribution in [2.24, 2.45) is 17.3 Å². The molecule has 0 saturated heterocycles. The van der Waals surface area contributed by atoms with Crippen molar-refractivity contribution in [3.63, 3.8) is 0 Å². The molecule has 0 aromatic heterocycles. The first-order valence-electron chi connectivity index (χ1n) is 9.23. The van der Waals surface area contributed by atoms with E-state index in [1.807, 2.05) is 31.2 Å². The topological polar surface area (TPSA) is 58.6 Å². The van der Waals surface area contributed by atoms with Crippen molar-refractivity contribution in [2.75, 3.05) is 11.9 Å². The maximum absolute atomic E-state index is 12.6. The van der Waals surface area contributed by atoms with Gasteiger partial charge in [-0.2, -0.15) is 0 Å². The molecule has 4 nitrogen and oxygen atoms in total. The van der Waals surface area contributed by atoms with E-state index in [2.05, 4.69) is 5.32 Å². The highest BCUT2D eigenvalue weighted by molar-refractivity contribution is 5.91. The fraction of sp³-hybridized carbons (Fsp3) is 0.650. The summed E-state index contributed by atoms with van der Waals surface area (Å²) in [4.78, 5) is 12.6. The van der Waals surface area contributed by atoms with Gasteiger partial charge in [0.15, 0.2) is 0 Å². The number of ether oxygens (including phenoxy) is 1. The van der Waals surface area contributed by atoms with E-state index in [0.717, 1.165) is 43.5 Å². The van der Waals surface area contributed by atoms with Gasteiger partial charge >= 0.3 is 0 Å². The molecule has 4 aliphatic rings. The number of nitrogens with one attached hydrogen (secondary N) is 1. The number of carbonyl (C=O) groups excluding carboxylic acids is 1. The summed E-state index contributed by atoms with van der Waals surface area (Å²) in [5, 5.41) is 13.8. The van der Waals surface area contributed by atoms with E-state index >= 15 is 0 Å². The molecule has 4 aliphatic carbocycles. The lowest BCUT2D eigenvalue weighted by Gasteiger charge is -2.60. The zero-order valence-corrected chi connectivity index (χ0v) is 14.4. The largest absolute Gasteiger partial charge is 0.494 e. The molecule has 0 radical (unpaired) electrons. The van der Waals surface area contributed by atoms with Crippen molar-refractivity contribution in [1.29, 1.82) is 0 Å². The Kier molecular flexibility index (Phi) is 3.83. The van der Waals surface area contributed by atoms with Crippen LogP contribution in [0.4, 0.5) is 5.69 Å². The van der Waals surface area contributed by atoms with E-state index < -0.39 is 5.60 Å². The van der Waals surface area contributed by atoms with Gasteiger partial charge in [-0.15, -0.1) is 0 Å². The molecule has 4 fully saturated rings. The van der Waals surface area contributed by atoms with E-state index in [1.165, 1.54) is 6.42 Å². The summed E-state index contributed by atoms with van der Waals surface area (Å²) >= 11 is 0. The second-order valence-corrected chi connectivity index (χ2v) is 8.37. The maximum Gasteiger partial charge on any atom is 0.224 e. The SMILES string of the molecule is CCOc1ccc(NC(=O)CC23C[C@@H]4C[C@@H](CC(O)(C4)C2)C3)cc1. The lowest BCUT2D eigenvalue weighted by molar-refractivity contribution is -0.167. The molecular formula is C20H27NO3. The first kappa shape index (κ1) is 15.9. The van der Waals surface area contributed by atoms with Gasteiger partial charge in [0.2, 0.25) is 5.91 Å².